The zero-order valence-electron chi connectivity index (χ0n) is 9.40. The van der Waals surface area contributed by atoms with Crippen LogP contribution in [0, 0.1) is 6.92 Å². The molecule has 0 atom stereocenters. The average molecular weight is 268 g/mol. The van der Waals surface area contributed by atoms with Crippen LogP contribution in [-0.2, 0) is 0 Å². The Bertz CT molecular complexity index is 583. The van der Waals surface area contributed by atoms with Crippen molar-refractivity contribution < 1.29 is 9.21 Å². The summed E-state index contributed by atoms with van der Waals surface area (Å²) >= 11 is 5.75. The lowest BCUT2D eigenvalue weighted by Gasteiger charge is -2.04. The van der Waals surface area contributed by atoms with Gasteiger partial charge in [-0.05, 0) is 19.1 Å². The van der Waals surface area contributed by atoms with E-state index in [-0.39, 0.29) is 17.0 Å². The molecule has 2 aromatic rings. The fourth-order valence-electron chi connectivity index (χ4n) is 1.28. The lowest BCUT2D eigenvalue weighted by molar-refractivity contribution is 0.102. The van der Waals surface area contributed by atoms with Gasteiger partial charge in [0.2, 0.25) is 0 Å². The van der Waals surface area contributed by atoms with Crippen LogP contribution in [0.15, 0.2) is 22.8 Å². The Morgan fingerprint density at radius 2 is 2.22 bits per heavy atom. The fourth-order valence-corrected chi connectivity index (χ4v) is 1.49. The molecule has 0 spiro atoms. The predicted octanol–water partition coefficient (Wildman–Crippen LogP) is 1.57. The summed E-state index contributed by atoms with van der Waals surface area (Å²) in [4.78, 5) is 19.7. The average Bonchev–Trinajstić information content (AvgIpc) is 2.73. The minimum Gasteiger partial charge on any atom is -0.432 e. The third-order valence-electron chi connectivity index (χ3n) is 2.04. The molecule has 2 aromatic heterocycles. The van der Waals surface area contributed by atoms with Gasteiger partial charge in [-0.25, -0.2) is 10.8 Å². The molecule has 0 aliphatic rings. The summed E-state index contributed by atoms with van der Waals surface area (Å²) in [6.45, 7) is 1.75. The number of hydrazine groups is 1. The van der Waals surface area contributed by atoms with Crippen molar-refractivity contribution in [1.29, 1.82) is 0 Å². The second kappa shape index (κ2) is 5.03. The molecule has 2 heterocycles. The first-order chi connectivity index (χ1) is 8.58. The number of nitrogens with one attached hydrogen (secondary N) is 2. The summed E-state index contributed by atoms with van der Waals surface area (Å²) in [5.74, 6) is 5.08. The van der Waals surface area contributed by atoms with Crippen molar-refractivity contribution in [1.82, 2.24) is 9.97 Å². The van der Waals surface area contributed by atoms with Crippen molar-refractivity contribution in [2.24, 2.45) is 5.84 Å². The van der Waals surface area contributed by atoms with Crippen molar-refractivity contribution in [3.05, 3.63) is 34.8 Å². The van der Waals surface area contributed by atoms with Gasteiger partial charge in [0, 0.05) is 5.56 Å². The molecule has 0 aliphatic carbocycles. The van der Waals surface area contributed by atoms with Crippen LogP contribution >= 0.6 is 11.6 Å². The van der Waals surface area contributed by atoms with Gasteiger partial charge in [0.15, 0.2) is 0 Å². The molecule has 7 nitrogen and oxygen atoms in total. The molecule has 0 bridgehead atoms. The topological polar surface area (TPSA) is 106 Å². The quantitative estimate of drug-likeness (QED) is 0.443. The molecule has 18 heavy (non-hydrogen) atoms. The number of nitrogens with zero attached hydrogens (tertiary/aromatic N) is 2. The monoisotopic (exact) mass is 267 g/mol. The van der Waals surface area contributed by atoms with E-state index in [2.05, 4.69) is 20.7 Å². The molecule has 0 aromatic carbocycles. The normalized spacial score (nSPS) is 10.2. The van der Waals surface area contributed by atoms with E-state index in [1.165, 1.54) is 18.4 Å². The number of hydrogen-bond donors (Lipinski definition) is 3. The van der Waals surface area contributed by atoms with Crippen LogP contribution < -0.4 is 16.6 Å². The third kappa shape index (κ3) is 2.76. The van der Waals surface area contributed by atoms with E-state index in [0.717, 1.165) is 0 Å². The molecule has 0 saturated heterocycles. The summed E-state index contributed by atoms with van der Waals surface area (Å²) in [5.41, 5.74) is 3.28. The number of amides is 1. The fraction of sp³-hybridized carbons (Fsp3) is 0.100. The van der Waals surface area contributed by atoms with Crippen LogP contribution in [0.3, 0.4) is 0 Å². The number of nitrogen functional groups attached to an aromatic ring is 1. The summed E-state index contributed by atoms with van der Waals surface area (Å²) in [6, 6.07) is 2.98. The van der Waals surface area contributed by atoms with Crippen LogP contribution in [0.25, 0.3) is 0 Å². The molecular formula is C10H10ClN5O2. The minimum absolute atomic E-state index is 0.118. The van der Waals surface area contributed by atoms with E-state index in [4.69, 9.17) is 21.9 Å². The minimum atomic E-state index is -0.419. The molecular weight excluding hydrogens is 258 g/mol. The van der Waals surface area contributed by atoms with Gasteiger partial charge < -0.3 is 9.84 Å². The van der Waals surface area contributed by atoms with Crippen molar-refractivity contribution in [2.75, 3.05) is 10.7 Å². The zero-order valence-corrected chi connectivity index (χ0v) is 10.2. The first-order valence-corrected chi connectivity index (χ1v) is 5.34. The van der Waals surface area contributed by atoms with E-state index < -0.39 is 5.91 Å². The number of oxazole rings is 1. The lowest BCUT2D eigenvalue weighted by atomic mass is 10.2. The number of halogens is 1. The first kappa shape index (κ1) is 12.3. The Kier molecular flexibility index (Phi) is 3.45. The molecule has 0 unspecified atom stereocenters. The molecule has 0 fully saturated rings. The number of carbonyl (C=O) groups excluding carboxylic acids is 1. The van der Waals surface area contributed by atoms with Gasteiger partial charge in [-0.1, -0.05) is 11.6 Å². The Morgan fingerprint density at radius 3 is 2.83 bits per heavy atom. The Balaban J connectivity index is 2.20. The largest absolute Gasteiger partial charge is 0.432 e. The predicted molar refractivity (Wildman–Crippen MR) is 66.3 cm³/mol. The van der Waals surface area contributed by atoms with Gasteiger partial charge in [0.05, 0.1) is 5.69 Å². The maximum atomic E-state index is 11.9. The van der Waals surface area contributed by atoms with Crippen LogP contribution in [0.5, 0.6) is 0 Å². The van der Waals surface area contributed by atoms with Crippen molar-refractivity contribution in [3.63, 3.8) is 0 Å². The summed E-state index contributed by atoms with van der Waals surface area (Å²) in [7, 11) is 0. The number of aryl methyl sites for hydroxylation is 1. The number of carbonyl (C=O) groups is 1. The number of rotatable bonds is 3. The highest BCUT2D eigenvalue weighted by Crippen LogP contribution is 2.15. The Hall–Kier alpha value is -2.12. The van der Waals surface area contributed by atoms with E-state index in [1.54, 1.807) is 6.92 Å². The second-order valence-corrected chi connectivity index (χ2v) is 3.84. The van der Waals surface area contributed by atoms with Gasteiger partial charge in [-0.3, -0.25) is 10.1 Å². The first-order valence-electron chi connectivity index (χ1n) is 4.96. The maximum absolute atomic E-state index is 11.9. The highest BCUT2D eigenvalue weighted by molar-refractivity contribution is 6.30. The molecule has 0 aliphatic heterocycles. The Morgan fingerprint density at radius 1 is 1.44 bits per heavy atom. The van der Waals surface area contributed by atoms with E-state index in [9.17, 15) is 4.79 Å². The van der Waals surface area contributed by atoms with Gasteiger partial charge in [0.1, 0.15) is 17.2 Å². The van der Waals surface area contributed by atoms with Crippen molar-refractivity contribution in [3.8, 4) is 0 Å². The van der Waals surface area contributed by atoms with Gasteiger partial charge in [-0.15, -0.1) is 0 Å². The van der Waals surface area contributed by atoms with Crippen molar-refractivity contribution in [2.45, 2.75) is 6.92 Å². The molecule has 8 heteroatoms. The SMILES string of the molecule is Cc1coc(NC(=O)c2cc(Cl)nc(NN)c2)n1. The third-order valence-corrected chi connectivity index (χ3v) is 2.24. The molecule has 94 valence electrons. The summed E-state index contributed by atoms with van der Waals surface area (Å²) in [6.07, 6.45) is 1.43. The second-order valence-electron chi connectivity index (χ2n) is 3.46. The summed E-state index contributed by atoms with van der Waals surface area (Å²) in [5, 5.41) is 2.64. The smallest absolute Gasteiger partial charge is 0.301 e. The molecule has 0 saturated carbocycles. The molecule has 0 radical (unpaired) electrons. The highest BCUT2D eigenvalue weighted by atomic mass is 35.5. The van der Waals surface area contributed by atoms with Crippen LogP contribution in [0.1, 0.15) is 16.1 Å². The van der Waals surface area contributed by atoms with E-state index in [1.807, 2.05) is 0 Å². The van der Waals surface area contributed by atoms with Gasteiger partial charge in [-0.2, -0.15) is 4.98 Å². The summed E-state index contributed by atoms with van der Waals surface area (Å²) < 4.78 is 5.01. The standard InChI is InChI=1S/C10H10ClN5O2/c1-5-4-18-10(13-5)15-9(17)6-2-7(11)14-8(3-6)16-12/h2-4H,12H2,1H3,(H,14,16)(H,13,15,17). The van der Waals surface area contributed by atoms with Crippen molar-refractivity contribution >= 4 is 29.3 Å². The number of nitrogens with two attached hydrogens (primary N) is 1. The van der Waals surface area contributed by atoms with Crippen LogP contribution in [0.4, 0.5) is 11.8 Å². The number of pyridine rings is 1. The molecule has 4 N–H and O–H groups in total. The number of anilines is 2. The highest BCUT2D eigenvalue weighted by Gasteiger charge is 2.11. The van der Waals surface area contributed by atoms with Gasteiger partial charge >= 0.3 is 6.01 Å². The van der Waals surface area contributed by atoms with Crippen LogP contribution in [0.2, 0.25) is 5.15 Å². The zero-order chi connectivity index (χ0) is 13.1. The number of aromatic nitrogens is 2. The van der Waals surface area contributed by atoms with Gasteiger partial charge in [0.25, 0.3) is 5.91 Å². The van der Waals surface area contributed by atoms with E-state index in [0.29, 0.717) is 11.3 Å². The lowest BCUT2D eigenvalue weighted by Crippen LogP contribution is -2.14. The molecule has 2 rings (SSSR count). The van der Waals surface area contributed by atoms with E-state index >= 15 is 0 Å². The van der Waals surface area contributed by atoms with Crippen LogP contribution in [-0.4, -0.2) is 15.9 Å². The number of hydrogen-bond acceptors (Lipinski definition) is 6. The molecule has 1 amide bonds. The maximum Gasteiger partial charge on any atom is 0.301 e. The Labute approximate surface area is 107 Å².